The van der Waals surface area contributed by atoms with Crippen LogP contribution in [0.4, 0.5) is 10.1 Å². The molecule has 1 unspecified atom stereocenters. The number of hydrogen-bond donors (Lipinski definition) is 2. The molecule has 118 valence electrons. The van der Waals surface area contributed by atoms with Crippen molar-refractivity contribution in [1.29, 1.82) is 0 Å². The van der Waals surface area contributed by atoms with E-state index in [0.717, 1.165) is 37.9 Å². The van der Waals surface area contributed by atoms with Crippen molar-refractivity contribution >= 4 is 18.6 Å². The number of carbonyl (C=O) groups excluding carboxylic acids is 1. The van der Waals surface area contributed by atoms with E-state index in [1.54, 1.807) is 12.9 Å². The van der Waals surface area contributed by atoms with Crippen molar-refractivity contribution in [2.75, 3.05) is 25.0 Å². The molecule has 7 heteroatoms. The van der Waals surface area contributed by atoms with Gasteiger partial charge in [-0.2, -0.15) is 0 Å². The minimum absolute atomic E-state index is 0.123. The first-order valence-corrected chi connectivity index (χ1v) is 7.70. The highest BCUT2D eigenvalue weighted by atomic mass is 19.1. The monoisotopic (exact) mass is 306 g/mol. The Morgan fingerprint density at radius 2 is 2.36 bits per heavy atom. The molecule has 0 radical (unpaired) electrons. The highest BCUT2D eigenvalue weighted by Crippen LogP contribution is 2.33. The molecular weight excluding hydrogens is 286 g/mol. The largest absolute Gasteiger partial charge is 0.478 e. The first kappa shape index (κ1) is 15.3. The van der Waals surface area contributed by atoms with Gasteiger partial charge in [-0.15, -0.1) is 0 Å². The van der Waals surface area contributed by atoms with Crippen LogP contribution in [0.3, 0.4) is 0 Å². The number of rotatable bonds is 3. The van der Waals surface area contributed by atoms with Crippen LogP contribution in [0.1, 0.15) is 18.4 Å². The maximum atomic E-state index is 14.1. The molecule has 0 bridgehead atoms. The van der Waals surface area contributed by atoms with E-state index in [1.807, 2.05) is 4.81 Å². The number of hydrogen-bond acceptors (Lipinski definition) is 4. The minimum Gasteiger partial charge on any atom is -0.478 e. The van der Waals surface area contributed by atoms with Crippen molar-refractivity contribution in [2.24, 2.45) is 5.92 Å². The summed E-state index contributed by atoms with van der Waals surface area (Å²) >= 11 is 0. The van der Waals surface area contributed by atoms with Gasteiger partial charge in [0, 0.05) is 0 Å². The lowest BCUT2D eigenvalue weighted by Crippen LogP contribution is -2.44. The summed E-state index contributed by atoms with van der Waals surface area (Å²) in [4.78, 5) is 13.4. The Balaban J connectivity index is 1.74. The average Bonchev–Trinajstić information content (AvgIpc) is 2.47. The Kier molecular flexibility index (Phi) is 4.36. The molecule has 2 aliphatic rings. The summed E-state index contributed by atoms with van der Waals surface area (Å²) in [5.41, 5.74) is 1.26. The van der Waals surface area contributed by atoms with Gasteiger partial charge in [0.15, 0.2) is 18.2 Å². The fourth-order valence-electron chi connectivity index (χ4n) is 3.27. The molecule has 0 spiro atoms. The van der Waals surface area contributed by atoms with Gasteiger partial charge in [-0.1, -0.05) is 0 Å². The van der Waals surface area contributed by atoms with Crippen LogP contribution in [-0.4, -0.2) is 42.5 Å². The second kappa shape index (κ2) is 6.26. The lowest BCUT2D eigenvalue weighted by Gasteiger charge is -2.33. The van der Waals surface area contributed by atoms with Gasteiger partial charge in [-0.05, 0) is 62.8 Å². The lowest BCUT2D eigenvalue weighted by atomic mass is 9.79. The number of anilines is 1. The third-order valence-corrected chi connectivity index (χ3v) is 4.33. The van der Waals surface area contributed by atoms with E-state index in [2.05, 4.69) is 5.32 Å². The molecule has 0 aliphatic carbocycles. The SMILES string of the molecule is CB(O)N1CCCC(Cc2cc(F)c3c(c2)NC(=O)CO3)C1. The first-order valence-electron chi connectivity index (χ1n) is 7.70. The first-order chi connectivity index (χ1) is 10.5. The number of nitrogens with one attached hydrogen (secondary N) is 1. The van der Waals surface area contributed by atoms with Gasteiger partial charge >= 0.3 is 7.05 Å². The quantitative estimate of drug-likeness (QED) is 0.831. The fourth-order valence-corrected chi connectivity index (χ4v) is 3.27. The van der Waals surface area contributed by atoms with Crippen LogP contribution in [-0.2, 0) is 11.2 Å². The van der Waals surface area contributed by atoms with Crippen LogP contribution >= 0.6 is 0 Å². The Labute approximate surface area is 129 Å². The number of halogens is 1. The van der Waals surface area contributed by atoms with E-state index in [1.165, 1.54) is 6.07 Å². The van der Waals surface area contributed by atoms with E-state index in [0.29, 0.717) is 11.6 Å². The lowest BCUT2D eigenvalue weighted by molar-refractivity contribution is -0.118. The number of benzene rings is 1. The van der Waals surface area contributed by atoms with Gasteiger partial charge in [0.2, 0.25) is 0 Å². The highest BCUT2D eigenvalue weighted by molar-refractivity contribution is 6.45. The average molecular weight is 306 g/mol. The zero-order valence-corrected chi connectivity index (χ0v) is 12.6. The molecule has 2 aliphatic heterocycles. The predicted octanol–water partition coefficient (Wildman–Crippen LogP) is 1.52. The molecule has 1 aromatic rings. The zero-order chi connectivity index (χ0) is 15.7. The van der Waals surface area contributed by atoms with Crippen molar-refractivity contribution in [2.45, 2.75) is 26.1 Å². The van der Waals surface area contributed by atoms with Crippen LogP contribution in [0.15, 0.2) is 12.1 Å². The Bertz CT molecular complexity index is 582. The molecular formula is C15H20BFN2O3. The molecule has 1 saturated heterocycles. The van der Waals surface area contributed by atoms with Crippen LogP contribution in [0.5, 0.6) is 5.75 Å². The van der Waals surface area contributed by atoms with Gasteiger partial charge in [-0.25, -0.2) is 4.39 Å². The fraction of sp³-hybridized carbons (Fsp3) is 0.533. The molecule has 0 saturated carbocycles. The van der Waals surface area contributed by atoms with Gasteiger partial charge in [0.05, 0.1) is 5.69 Å². The predicted molar refractivity (Wildman–Crippen MR) is 82.4 cm³/mol. The summed E-state index contributed by atoms with van der Waals surface area (Å²) in [7, 11) is -0.448. The maximum absolute atomic E-state index is 14.1. The van der Waals surface area contributed by atoms with Crippen LogP contribution in [0, 0.1) is 11.7 Å². The standard InChI is InChI=1S/C15H20BFN2O3/c1-16(21)19-4-2-3-10(8-19)5-11-6-12(17)15-13(7-11)18-14(20)9-22-15/h6-7,10,21H,2-5,8-9H2,1H3,(H,18,20). The third-order valence-electron chi connectivity index (χ3n) is 4.33. The van der Waals surface area contributed by atoms with E-state index in [-0.39, 0.29) is 18.3 Å². The van der Waals surface area contributed by atoms with Crippen LogP contribution in [0.2, 0.25) is 6.82 Å². The van der Waals surface area contributed by atoms with E-state index in [9.17, 15) is 14.2 Å². The van der Waals surface area contributed by atoms with Crippen LogP contribution < -0.4 is 10.1 Å². The second-order valence-corrected chi connectivity index (χ2v) is 6.13. The van der Waals surface area contributed by atoms with Crippen molar-refractivity contribution in [1.82, 2.24) is 4.81 Å². The van der Waals surface area contributed by atoms with E-state index >= 15 is 0 Å². The molecule has 5 nitrogen and oxygen atoms in total. The second-order valence-electron chi connectivity index (χ2n) is 6.13. The summed E-state index contributed by atoms with van der Waals surface area (Å²) in [6, 6.07) is 3.27. The molecule has 2 heterocycles. The Morgan fingerprint density at radius 3 is 3.14 bits per heavy atom. The number of piperidine rings is 1. The molecule has 2 N–H and O–H groups in total. The molecule has 1 atom stereocenters. The molecule has 22 heavy (non-hydrogen) atoms. The molecule has 1 fully saturated rings. The third kappa shape index (κ3) is 3.25. The van der Waals surface area contributed by atoms with E-state index in [4.69, 9.17) is 4.74 Å². The van der Waals surface area contributed by atoms with Gasteiger partial charge in [-0.3, -0.25) is 4.79 Å². The van der Waals surface area contributed by atoms with E-state index < -0.39 is 12.9 Å². The number of ether oxygens (including phenoxy) is 1. The summed E-state index contributed by atoms with van der Waals surface area (Å²) < 4.78 is 19.2. The summed E-state index contributed by atoms with van der Waals surface area (Å²) in [5.74, 6) is -0.198. The molecule has 1 amide bonds. The number of amides is 1. The highest BCUT2D eigenvalue weighted by Gasteiger charge is 2.26. The minimum atomic E-state index is -0.448. The number of fused-ring (bicyclic) bond motifs is 1. The van der Waals surface area contributed by atoms with Crippen LogP contribution in [0.25, 0.3) is 0 Å². The maximum Gasteiger partial charge on any atom is 0.376 e. The normalized spacial score (nSPS) is 21.8. The zero-order valence-electron chi connectivity index (χ0n) is 12.6. The van der Waals surface area contributed by atoms with Gasteiger partial charge < -0.3 is 19.9 Å². The van der Waals surface area contributed by atoms with Gasteiger partial charge in [0.1, 0.15) is 0 Å². The molecule has 0 aromatic heterocycles. The summed E-state index contributed by atoms with van der Waals surface area (Å²) in [6.45, 7) is 3.33. The Hall–Kier alpha value is -1.60. The summed E-state index contributed by atoms with van der Waals surface area (Å²) in [6.07, 6.45) is 2.82. The van der Waals surface area contributed by atoms with Crippen molar-refractivity contribution < 1.29 is 18.9 Å². The molecule has 1 aromatic carbocycles. The topological polar surface area (TPSA) is 61.8 Å². The number of nitrogens with zero attached hydrogens (tertiary/aromatic N) is 1. The molecule has 3 rings (SSSR count). The van der Waals surface area contributed by atoms with Crippen molar-refractivity contribution in [3.63, 3.8) is 0 Å². The van der Waals surface area contributed by atoms with Crippen molar-refractivity contribution in [3.05, 3.63) is 23.5 Å². The summed E-state index contributed by atoms with van der Waals surface area (Å²) in [5, 5.41) is 12.3. The van der Waals surface area contributed by atoms with Gasteiger partial charge in [0.25, 0.3) is 5.91 Å². The number of carbonyl (C=O) groups is 1. The smallest absolute Gasteiger partial charge is 0.376 e. The Morgan fingerprint density at radius 1 is 1.55 bits per heavy atom. The van der Waals surface area contributed by atoms with Crippen molar-refractivity contribution in [3.8, 4) is 5.75 Å².